The molecule has 0 unspecified atom stereocenters. The van der Waals surface area contributed by atoms with Crippen molar-refractivity contribution in [2.75, 3.05) is 12.4 Å². The molecule has 0 saturated heterocycles. The first-order valence-corrected chi connectivity index (χ1v) is 13.0. The van der Waals surface area contributed by atoms with Crippen molar-refractivity contribution in [3.63, 3.8) is 0 Å². The first kappa shape index (κ1) is 31.8. The van der Waals surface area contributed by atoms with Crippen LogP contribution < -0.4 is 0 Å². The molecule has 16 heteroatoms. The molecule has 0 amide bonds. The van der Waals surface area contributed by atoms with Crippen LogP contribution in [-0.2, 0) is 47.7 Å². The normalized spacial score (nSPS) is 14.8. The van der Waals surface area contributed by atoms with Crippen molar-refractivity contribution < 1.29 is 47.7 Å². The van der Waals surface area contributed by atoms with Gasteiger partial charge in [-0.25, -0.2) is 15.0 Å². The summed E-state index contributed by atoms with van der Waals surface area (Å²) in [4.78, 5) is 72.7. The van der Waals surface area contributed by atoms with Gasteiger partial charge in [0.05, 0.1) is 6.33 Å². The number of fused-ring (bicyclic) bond motifs is 1. The lowest BCUT2D eigenvalue weighted by atomic mass is 10.0. The Bertz CT molecular complexity index is 1210. The Hall–Kier alpha value is -3.46. The van der Waals surface area contributed by atoms with Crippen LogP contribution in [0, 0.1) is 0 Å². The highest BCUT2D eigenvalue weighted by Crippen LogP contribution is 2.36. The van der Waals surface area contributed by atoms with E-state index >= 15 is 0 Å². The van der Waals surface area contributed by atoms with Gasteiger partial charge in [-0.3, -0.25) is 28.5 Å². The smallest absolute Gasteiger partial charge is 0.303 e. The molecule has 0 aliphatic heterocycles. The molecule has 0 saturated carbocycles. The molecule has 2 aromatic heterocycles. The molecular weight excluding hydrogens is 560 g/mol. The number of aromatic nitrogens is 4. The van der Waals surface area contributed by atoms with Crippen molar-refractivity contribution in [1.82, 2.24) is 19.5 Å². The van der Waals surface area contributed by atoms with Crippen molar-refractivity contribution in [3.05, 3.63) is 17.8 Å². The van der Waals surface area contributed by atoms with Gasteiger partial charge in [0.15, 0.2) is 35.2 Å². The lowest BCUT2D eigenvalue weighted by Crippen LogP contribution is -2.54. The number of ether oxygens (including phenoxy) is 5. The van der Waals surface area contributed by atoms with E-state index in [9.17, 15) is 24.0 Å². The minimum absolute atomic E-state index is 0.0775. The van der Waals surface area contributed by atoms with E-state index in [1.807, 2.05) is 6.92 Å². The third kappa shape index (κ3) is 9.06. The fourth-order valence-electron chi connectivity index (χ4n) is 3.66. The second-order valence-electron chi connectivity index (χ2n) is 8.01. The molecule has 39 heavy (non-hydrogen) atoms. The molecule has 2 heterocycles. The fourth-order valence-corrected chi connectivity index (χ4v) is 4.89. The Kier molecular flexibility index (Phi) is 11.9. The number of rotatable bonds is 13. The SMILES string of the molecule is CCS[C@@H]([C@H](OC(C)=O)[C@H](OC(C)=O)[C@H](OC(C)=O)[C@@H](COC(C)=O)OC(C)=O)n1cnc2c(Cl)ncnc21. The van der Waals surface area contributed by atoms with Crippen LogP contribution in [0.3, 0.4) is 0 Å². The summed E-state index contributed by atoms with van der Waals surface area (Å²) >= 11 is 7.43. The maximum atomic E-state index is 12.3. The van der Waals surface area contributed by atoms with Gasteiger partial charge in [0, 0.05) is 34.6 Å². The average Bonchev–Trinajstić information content (AvgIpc) is 3.26. The molecule has 0 bridgehead atoms. The van der Waals surface area contributed by atoms with Crippen LogP contribution in [-0.4, -0.2) is 86.1 Å². The minimum atomic E-state index is -1.58. The van der Waals surface area contributed by atoms with E-state index in [0.717, 1.165) is 34.6 Å². The molecular formula is C23H29ClN4O10S. The summed E-state index contributed by atoms with van der Waals surface area (Å²) in [5, 5.41) is -0.808. The molecule has 14 nitrogen and oxygen atoms in total. The Morgan fingerprint density at radius 2 is 1.38 bits per heavy atom. The molecule has 2 aromatic rings. The van der Waals surface area contributed by atoms with Crippen LogP contribution in [0.15, 0.2) is 12.7 Å². The van der Waals surface area contributed by atoms with Crippen LogP contribution in [0.4, 0.5) is 0 Å². The first-order valence-electron chi connectivity index (χ1n) is 11.6. The van der Waals surface area contributed by atoms with Crippen molar-refractivity contribution in [1.29, 1.82) is 0 Å². The van der Waals surface area contributed by atoms with E-state index in [-0.39, 0.29) is 16.3 Å². The highest BCUT2D eigenvalue weighted by atomic mass is 35.5. The number of nitrogens with zero attached hydrogens (tertiary/aromatic N) is 4. The van der Waals surface area contributed by atoms with Crippen molar-refractivity contribution in [3.8, 4) is 0 Å². The zero-order valence-corrected chi connectivity index (χ0v) is 23.7. The Morgan fingerprint density at radius 3 is 1.92 bits per heavy atom. The fraction of sp³-hybridized carbons (Fsp3) is 0.565. The van der Waals surface area contributed by atoms with E-state index < -0.39 is 66.2 Å². The van der Waals surface area contributed by atoms with Gasteiger partial charge in [-0.15, -0.1) is 11.8 Å². The summed E-state index contributed by atoms with van der Waals surface area (Å²) in [6.45, 7) is 6.80. The molecule has 0 spiro atoms. The standard InChI is InChI=1S/C23H29ClN4O10S/c1-7-39-23(28-10-27-17-21(24)25-9-26-22(17)28)20(38-15(6)33)19(37-14(5)32)18(36-13(4)31)16(35-12(3)30)8-34-11(2)29/h9-10,16,18-20,23H,7-8H2,1-6H3/t16-,18-,19-,20-,23+/m1/s1. The van der Waals surface area contributed by atoms with Crippen molar-refractivity contribution in [2.45, 2.75) is 71.3 Å². The molecule has 5 atom stereocenters. The molecule has 0 aromatic carbocycles. The molecule has 0 radical (unpaired) electrons. The van der Waals surface area contributed by atoms with E-state index in [4.69, 9.17) is 35.3 Å². The van der Waals surface area contributed by atoms with Crippen LogP contribution in [0.5, 0.6) is 0 Å². The van der Waals surface area contributed by atoms with E-state index in [0.29, 0.717) is 5.75 Å². The monoisotopic (exact) mass is 588 g/mol. The zero-order valence-electron chi connectivity index (χ0n) is 22.1. The van der Waals surface area contributed by atoms with Gasteiger partial charge in [0.2, 0.25) is 0 Å². The largest absolute Gasteiger partial charge is 0.462 e. The molecule has 0 fully saturated rings. The maximum absolute atomic E-state index is 12.3. The summed E-state index contributed by atoms with van der Waals surface area (Å²) in [5.41, 5.74) is 0.538. The molecule has 0 aliphatic rings. The first-order chi connectivity index (χ1) is 18.3. The van der Waals surface area contributed by atoms with E-state index in [1.165, 1.54) is 24.4 Å². The predicted molar refractivity (Wildman–Crippen MR) is 136 cm³/mol. The summed E-state index contributed by atoms with van der Waals surface area (Å²) < 4.78 is 28.6. The van der Waals surface area contributed by atoms with Crippen LogP contribution >= 0.6 is 23.4 Å². The zero-order chi connectivity index (χ0) is 29.3. The number of esters is 5. The highest BCUT2D eigenvalue weighted by molar-refractivity contribution is 7.99. The second kappa shape index (κ2) is 14.6. The predicted octanol–water partition coefficient (Wildman–Crippen LogP) is 2.02. The number of imidazole rings is 1. The van der Waals surface area contributed by atoms with Gasteiger partial charge >= 0.3 is 29.8 Å². The molecule has 0 N–H and O–H groups in total. The Labute approximate surface area is 233 Å². The third-order valence-corrected chi connectivity index (χ3v) is 6.34. The lowest BCUT2D eigenvalue weighted by molar-refractivity contribution is -0.203. The highest BCUT2D eigenvalue weighted by Gasteiger charge is 2.47. The van der Waals surface area contributed by atoms with Crippen molar-refractivity contribution in [2.24, 2.45) is 0 Å². The minimum Gasteiger partial charge on any atom is -0.462 e. The van der Waals surface area contributed by atoms with E-state index in [1.54, 1.807) is 4.57 Å². The quantitative estimate of drug-likeness (QED) is 0.189. The van der Waals surface area contributed by atoms with Gasteiger partial charge < -0.3 is 23.7 Å². The lowest BCUT2D eigenvalue weighted by Gasteiger charge is -2.38. The van der Waals surface area contributed by atoms with Gasteiger partial charge in [0.1, 0.15) is 23.8 Å². The number of thioether (sulfide) groups is 1. The number of hydrogen-bond donors (Lipinski definition) is 0. The Morgan fingerprint density at radius 1 is 0.821 bits per heavy atom. The number of halogens is 1. The molecule has 0 aliphatic carbocycles. The summed E-state index contributed by atoms with van der Waals surface area (Å²) in [6, 6.07) is 0. The molecule has 214 valence electrons. The van der Waals surface area contributed by atoms with E-state index in [2.05, 4.69) is 15.0 Å². The van der Waals surface area contributed by atoms with Crippen LogP contribution in [0.2, 0.25) is 5.15 Å². The second-order valence-corrected chi connectivity index (χ2v) is 9.76. The van der Waals surface area contributed by atoms with Gasteiger partial charge in [-0.05, 0) is 5.75 Å². The molecule has 2 rings (SSSR count). The van der Waals surface area contributed by atoms with Gasteiger partial charge in [-0.2, -0.15) is 0 Å². The number of carbonyl (C=O) groups excluding carboxylic acids is 5. The van der Waals surface area contributed by atoms with Crippen molar-refractivity contribution >= 4 is 64.4 Å². The summed E-state index contributed by atoms with van der Waals surface area (Å²) in [7, 11) is 0. The van der Waals surface area contributed by atoms with Gasteiger partial charge in [0.25, 0.3) is 0 Å². The van der Waals surface area contributed by atoms with Gasteiger partial charge in [-0.1, -0.05) is 18.5 Å². The summed E-state index contributed by atoms with van der Waals surface area (Å²) in [5.74, 6) is -3.49. The summed E-state index contributed by atoms with van der Waals surface area (Å²) in [6.07, 6.45) is -3.34. The average molecular weight is 589 g/mol. The maximum Gasteiger partial charge on any atom is 0.303 e. The topological polar surface area (TPSA) is 175 Å². The number of carbonyl (C=O) groups is 5. The Balaban J connectivity index is 2.76. The third-order valence-electron chi connectivity index (χ3n) is 4.90. The van der Waals surface area contributed by atoms with Crippen LogP contribution in [0.1, 0.15) is 46.9 Å². The number of hydrogen-bond acceptors (Lipinski definition) is 14. The van der Waals surface area contributed by atoms with Crippen LogP contribution in [0.25, 0.3) is 11.2 Å².